The number of carbonyl (C=O) groups excluding carboxylic acids is 1. The molecule has 2 aromatic carbocycles. The molecule has 0 saturated heterocycles. The summed E-state index contributed by atoms with van der Waals surface area (Å²) in [5.74, 6) is 0.832. The molecular weight excluding hydrogens is 462 g/mol. The van der Waals surface area contributed by atoms with Gasteiger partial charge in [0.1, 0.15) is 12.4 Å². The van der Waals surface area contributed by atoms with Crippen LogP contribution in [-0.4, -0.2) is 48.8 Å². The van der Waals surface area contributed by atoms with Gasteiger partial charge in [-0.2, -0.15) is 0 Å². The van der Waals surface area contributed by atoms with Gasteiger partial charge in [-0.15, -0.1) is 6.58 Å². The predicted octanol–water partition coefficient (Wildman–Crippen LogP) is 2.78. The second kappa shape index (κ2) is 11.1. The Morgan fingerprint density at radius 2 is 2.06 bits per heavy atom. The second-order valence-electron chi connectivity index (χ2n) is 7.08. The standard InChI is InChI=1S/C23H26BrN3O4/c1-2-12-25-27-22(29)23(15-18-6-3-4-7-20(18)24)16-31-21(26-23)17-8-10-19(11-9-17)30-14-5-13-28/h2-4,6-11,25,28H,1,5,12-16H2,(H,27,29)/t23-/m0/s1. The molecule has 0 saturated carbocycles. The van der Waals surface area contributed by atoms with Crippen molar-refractivity contribution in [3.8, 4) is 5.75 Å². The van der Waals surface area contributed by atoms with Gasteiger partial charge in [-0.25, -0.2) is 10.4 Å². The quantitative estimate of drug-likeness (QED) is 0.257. The first-order valence-corrected chi connectivity index (χ1v) is 10.8. The molecule has 1 amide bonds. The smallest absolute Gasteiger partial charge is 0.266 e. The molecule has 7 nitrogen and oxygen atoms in total. The predicted molar refractivity (Wildman–Crippen MR) is 123 cm³/mol. The average molecular weight is 488 g/mol. The SMILES string of the molecule is C=CCNNC(=O)[C@]1(Cc2ccccc2Br)COC(c2ccc(OCCCO)cc2)=N1. The minimum Gasteiger partial charge on any atom is -0.494 e. The number of benzene rings is 2. The molecule has 0 radical (unpaired) electrons. The van der Waals surface area contributed by atoms with Crippen LogP contribution in [0.1, 0.15) is 17.5 Å². The van der Waals surface area contributed by atoms with Crippen molar-refractivity contribution in [1.29, 1.82) is 0 Å². The van der Waals surface area contributed by atoms with Gasteiger partial charge >= 0.3 is 0 Å². The molecule has 31 heavy (non-hydrogen) atoms. The molecule has 1 aliphatic rings. The van der Waals surface area contributed by atoms with E-state index in [0.717, 1.165) is 15.6 Å². The van der Waals surface area contributed by atoms with Gasteiger partial charge in [0, 0.05) is 36.0 Å². The van der Waals surface area contributed by atoms with Crippen molar-refractivity contribution < 1.29 is 19.4 Å². The van der Waals surface area contributed by atoms with Crippen LogP contribution in [-0.2, 0) is 16.0 Å². The molecule has 1 atom stereocenters. The molecule has 164 valence electrons. The first-order chi connectivity index (χ1) is 15.1. The van der Waals surface area contributed by atoms with Crippen LogP contribution in [0.25, 0.3) is 0 Å². The number of rotatable bonds is 11. The molecule has 0 unspecified atom stereocenters. The van der Waals surface area contributed by atoms with Crippen LogP contribution in [0.2, 0.25) is 0 Å². The number of nitrogens with one attached hydrogen (secondary N) is 2. The van der Waals surface area contributed by atoms with E-state index in [1.807, 2.05) is 48.5 Å². The zero-order valence-corrected chi connectivity index (χ0v) is 18.7. The van der Waals surface area contributed by atoms with Gasteiger partial charge in [-0.1, -0.05) is 40.2 Å². The van der Waals surface area contributed by atoms with Crippen molar-refractivity contribution in [3.63, 3.8) is 0 Å². The number of carbonyl (C=O) groups is 1. The van der Waals surface area contributed by atoms with E-state index in [4.69, 9.17) is 19.6 Å². The van der Waals surface area contributed by atoms with Gasteiger partial charge in [0.15, 0.2) is 5.54 Å². The van der Waals surface area contributed by atoms with E-state index < -0.39 is 5.54 Å². The molecule has 0 bridgehead atoms. The lowest BCUT2D eigenvalue weighted by atomic mass is 9.91. The molecular formula is C23H26BrN3O4. The molecule has 3 N–H and O–H groups in total. The molecule has 8 heteroatoms. The van der Waals surface area contributed by atoms with Gasteiger partial charge in [-0.05, 0) is 35.9 Å². The molecule has 1 aliphatic heterocycles. The van der Waals surface area contributed by atoms with Crippen molar-refractivity contribution in [2.24, 2.45) is 4.99 Å². The Labute approximate surface area is 190 Å². The largest absolute Gasteiger partial charge is 0.494 e. The lowest BCUT2D eigenvalue weighted by Gasteiger charge is -2.23. The third kappa shape index (κ3) is 5.94. The molecule has 2 aromatic rings. The zero-order valence-electron chi connectivity index (χ0n) is 17.1. The van der Waals surface area contributed by atoms with Crippen LogP contribution >= 0.6 is 15.9 Å². The number of halogens is 1. The van der Waals surface area contributed by atoms with Crippen molar-refractivity contribution in [2.45, 2.75) is 18.4 Å². The Morgan fingerprint density at radius 1 is 1.29 bits per heavy atom. The summed E-state index contributed by atoms with van der Waals surface area (Å²) in [4.78, 5) is 17.8. The maximum Gasteiger partial charge on any atom is 0.266 e. The fourth-order valence-electron chi connectivity index (χ4n) is 3.11. The fourth-order valence-corrected chi connectivity index (χ4v) is 3.53. The van der Waals surface area contributed by atoms with E-state index in [0.29, 0.717) is 37.6 Å². The number of aliphatic hydroxyl groups is 1. The number of nitrogens with zero attached hydrogens (tertiary/aromatic N) is 1. The monoisotopic (exact) mass is 487 g/mol. The molecule has 3 rings (SSSR count). The Kier molecular flexibility index (Phi) is 8.22. The maximum absolute atomic E-state index is 13.1. The number of hydrogen-bond donors (Lipinski definition) is 3. The normalized spacial score (nSPS) is 17.5. The molecule has 0 fully saturated rings. The second-order valence-corrected chi connectivity index (χ2v) is 7.93. The first-order valence-electron chi connectivity index (χ1n) is 10.0. The van der Waals surface area contributed by atoms with E-state index in [1.165, 1.54) is 0 Å². The molecule has 0 aliphatic carbocycles. The minimum absolute atomic E-state index is 0.0893. The van der Waals surface area contributed by atoms with Gasteiger partial charge in [0.2, 0.25) is 5.90 Å². The van der Waals surface area contributed by atoms with Crippen molar-refractivity contribution in [2.75, 3.05) is 26.4 Å². The zero-order chi connectivity index (χ0) is 22.1. The van der Waals surface area contributed by atoms with Crippen LogP contribution in [0.15, 0.2) is 70.7 Å². The van der Waals surface area contributed by atoms with Crippen LogP contribution in [0.5, 0.6) is 5.75 Å². The van der Waals surface area contributed by atoms with E-state index >= 15 is 0 Å². The van der Waals surface area contributed by atoms with Crippen LogP contribution < -0.4 is 15.6 Å². The van der Waals surface area contributed by atoms with Crippen LogP contribution in [0.4, 0.5) is 0 Å². The van der Waals surface area contributed by atoms with Crippen LogP contribution in [0, 0.1) is 0 Å². The summed E-state index contributed by atoms with van der Waals surface area (Å²) in [6, 6.07) is 15.1. The highest BCUT2D eigenvalue weighted by atomic mass is 79.9. The summed E-state index contributed by atoms with van der Waals surface area (Å²) >= 11 is 3.56. The van der Waals surface area contributed by atoms with Crippen molar-refractivity contribution >= 4 is 27.7 Å². The van der Waals surface area contributed by atoms with Gasteiger partial charge in [-0.3, -0.25) is 10.2 Å². The lowest BCUT2D eigenvalue weighted by Crippen LogP contribution is -2.52. The highest BCUT2D eigenvalue weighted by molar-refractivity contribution is 9.10. The summed E-state index contributed by atoms with van der Waals surface area (Å²) in [7, 11) is 0. The number of hydrogen-bond acceptors (Lipinski definition) is 6. The number of amides is 1. The first kappa shape index (κ1) is 23.0. The summed E-state index contributed by atoms with van der Waals surface area (Å²) in [6.45, 7) is 4.73. The summed E-state index contributed by atoms with van der Waals surface area (Å²) in [6.07, 6.45) is 2.61. The van der Waals surface area contributed by atoms with E-state index in [2.05, 4.69) is 33.4 Å². The van der Waals surface area contributed by atoms with Crippen molar-refractivity contribution in [3.05, 3.63) is 76.8 Å². The highest BCUT2D eigenvalue weighted by Crippen LogP contribution is 2.30. The summed E-state index contributed by atoms with van der Waals surface area (Å²) in [5, 5.41) is 8.86. The molecule has 0 spiro atoms. The highest BCUT2D eigenvalue weighted by Gasteiger charge is 2.44. The van der Waals surface area contributed by atoms with E-state index in [9.17, 15) is 4.79 Å². The molecule has 1 heterocycles. The summed E-state index contributed by atoms with van der Waals surface area (Å²) in [5.41, 5.74) is 6.16. The number of aliphatic hydroxyl groups excluding tert-OH is 1. The minimum atomic E-state index is -1.11. The Bertz CT molecular complexity index is 933. The fraction of sp³-hybridized carbons (Fsp3) is 0.304. The third-order valence-electron chi connectivity index (χ3n) is 4.75. The topological polar surface area (TPSA) is 92.2 Å². The van der Waals surface area contributed by atoms with E-state index in [-0.39, 0.29) is 19.1 Å². The average Bonchev–Trinajstić information content (AvgIpc) is 3.21. The number of aliphatic imine (C=N–C) groups is 1. The van der Waals surface area contributed by atoms with Gasteiger partial charge in [0.05, 0.1) is 6.61 Å². The maximum atomic E-state index is 13.1. The molecule has 0 aromatic heterocycles. The van der Waals surface area contributed by atoms with Gasteiger partial charge < -0.3 is 14.6 Å². The Morgan fingerprint density at radius 3 is 2.77 bits per heavy atom. The Balaban J connectivity index is 1.83. The Hall–Kier alpha value is -2.68. The van der Waals surface area contributed by atoms with Gasteiger partial charge in [0.25, 0.3) is 5.91 Å². The lowest BCUT2D eigenvalue weighted by molar-refractivity contribution is -0.127. The number of hydrazine groups is 1. The van der Waals surface area contributed by atoms with E-state index in [1.54, 1.807) is 6.08 Å². The number of ether oxygens (including phenoxy) is 2. The van der Waals surface area contributed by atoms with Crippen LogP contribution in [0.3, 0.4) is 0 Å². The summed E-state index contributed by atoms with van der Waals surface area (Å²) < 4.78 is 12.4. The third-order valence-corrected chi connectivity index (χ3v) is 5.52. The van der Waals surface area contributed by atoms with Crippen molar-refractivity contribution in [1.82, 2.24) is 10.9 Å².